The second kappa shape index (κ2) is 10.00. The number of carbonyl (C=O) groups excluding carboxylic acids is 1. The van der Waals surface area contributed by atoms with Crippen LogP contribution in [0.15, 0.2) is 30.3 Å². The predicted molar refractivity (Wildman–Crippen MR) is 111 cm³/mol. The van der Waals surface area contributed by atoms with Crippen molar-refractivity contribution in [1.82, 2.24) is 4.98 Å². The number of carbonyl (C=O) groups is 1. The van der Waals surface area contributed by atoms with Crippen LogP contribution in [0, 0.1) is 0 Å². The highest BCUT2D eigenvalue weighted by molar-refractivity contribution is 7.92. The van der Waals surface area contributed by atoms with Gasteiger partial charge >= 0.3 is 0 Å². The molecule has 1 heterocycles. The zero-order chi connectivity index (χ0) is 21.6. The first-order chi connectivity index (χ1) is 13.7. The van der Waals surface area contributed by atoms with Crippen LogP contribution in [0.3, 0.4) is 0 Å². The summed E-state index contributed by atoms with van der Waals surface area (Å²) in [7, 11) is -1.19. The SMILES string of the molecule is COc1ccc(N(C(=O)CCCOc2ccc(Cl)cc2Cl)S(C)(=O)=O)c(OC)n1. The molecule has 2 aromatic rings. The second-order valence-corrected chi connectivity index (χ2v) is 8.50. The van der Waals surface area contributed by atoms with Crippen LogP contribution in [-0.4, -0.2) is 46.4 Å². The Balaban J connectivity index is 2.10. The van der Waals surface area contributed by atoms with Gasteiger partial charge in [-0.15, -0.1) is 0 Å². The molecule has 0 saturated carbocycles. The second-order valence-electron chi connectivity index (χ2n) is 5.83. The molecule has 0 radical (unpaired) electrons. The van der Waals surface area contributed by atoms with E-state index in [0.29, 0.717) is 20.1 Å². The molecule has 158 valence electrons. The molecule has 0 aliphatic heterocycles. The van der Waals surface area contributed by atoms with E-state index in [9.17, 15) is 13.2 Å². The molecule has 1 aromatic heterocycles. The van der Waals surface area contributed by atoms with E-state index in [1.807, 2.05) is 0 Å². The molecule has 0 fully saturated rings. The third-order valence-corrected chi connectivity index (χ3v) is 5.27. The van der Waals surface area contributed by atoms with Gasteiger partial charge in [0.05, 0.1) is 32.1 Å². The third-order valence-electron chi connectivity index (χ3n) is 3.68. The van der Waals surface area contributed by atoms with E-state index in [4.69, 9.17) is 37.4 Å². The van der Waals surface area contributed by atoms with E-state index in [1.165, 1.54) is 32.4 Å². The van der Waals surface area contributed by atoms with Crippen molar-refractivity contribution in [1.29, 1.82) is 0 Å². The Morgan fingerprint density at radius 1 is 1.14 bits per heavy atom. The molecule has 0 atom stereocenters. The summed E-state index contributed by atoms with van der Waals surface area (Å²) < 4.78 is 40.8. The van der Waals surface area contributed by atoms with Gasteiger partial charge in [0.25, 0.3) is 0 Å². The fourth-order valence-corrected chi connectivity index (χ4v) is 3.85. The molecule has 0 bridgehead atoms. The van der Waals surface area contributed by atoms with Gasteiger partial charge in [0.15, 0.2) is 0 Å². The van der Waals surface area contributed by atoms with Gasteiger partial charge in [-0.05, 0) is 30.7 Å². The highest BCUT2D eigenvalue weighted by Gasteiger charge is 2.28. The molecular formula is C18H20Cl2N2O6S. The van der Waals surface area contributed by atoms with Gasteiger partial charge < -0.3 is 14.2 Å². The molecule has 11 heteroatoms. The average Bonchev–Trinajstić information content (AvgIpc) is 2.65. The van der Waals surface area contributed by atoms with Gasteiger partial charge in [0, 0.05) is 17.5 Å². The number of pyridine rings is 1. The molecule has 29 heavy (non-hydrogen) atoms. The maximum absolute atomic E-state index is 12.7. The predicted octanol–water partition coefficient (Wildman–Crippen LogP) is 3.56. The molecule has 0 unspecified atom stereocenters. The largest absolute Gasteiger partial charge is 0.492 e. The van der Waals surface area contributed by atoms with Gasteiger partial charge in [-0.25, -0.2) is 12.7 Å². The average molecular weight is 463 g/mol. The molecule has 0 saturated heterocycles. The Morgan fingerprint density at radius 3 is 2.45 bits per heavy atom. The minimum Gasteiger partial charge on any atom is -0.492 e. The summed E-state index contributed by atoms with van der Waals surface area (Å²) in [5.41, 5.74) is 0.00228. The van der Waals surface area contributed by atoms with Crippen molar-refractivity contribution in [3.8, 4) is 17.5 Å². The molecule has 1 amide bonds. The van der Waals surface area contributed by atoms with Crippen molar-refractivity contribution in [2.24, 2.45) is 0 Å². The fraction of sp³-hybridized carbons (Fsp3) is 0.333. The van der Waals surface area contributed by atoms with Gasteiger partial charge in [0.2, 0.25) is 27.7 Å². The van der Waals surface area contributed by atoms with E-state index >= 15 is 0 Å². The molecule has 0 aliphatic carbocycles. The summed E-state index contributed by atoms with van der Waals surface area (Å²) in [5, 5.41) is 0.819. The smallest absolute Gasteiger partial charge is 0.242 e. The van der Waals surface area contributed by atoms with E-state index in [1.54, 1.807) is 12.1 Å². The maximum atomic E-state index is 12.7. The number of ether oxygens (including phenoxy) is 3. The highest BCUT2D eigenvalue weighted by atomic mass is 35.5. The van der Waals surface area contributed by atoms with Crippen LogP contribution in [0.1, 0.15) is 12.8 Å². The van der Waals surface area contributed by atoms with Crippen LogP contribution < -0.4 is 18.5 Å². The number of aromatic nitrogens is 1. The van der Waals surface area contributed by atoms with Crippen LogP contribution >= 0.6 is 23.2 Å². The number of amides is 1. The summed E-state index contributed by atoms with van der Waals surface area (Å²) >= 11 is 11.9. The zero-order valence-electron chi connectivity index (χ0n) is 16.0. The number of methoxy groups -OCH3 is 2. The Labute approximate surface area is 179 Å². The Bertz CT molecular complexity index is 984. The van der Waals surface area contributed by atoms with Crippen molar-refractivity contribution in [2.75, 3.05) is 31.4 Å². The molecule has 8 nitrogen and oxygen atoms in total. The Kier molecular flexibility index (Phi) is 7.95. The van der Waals surface area contributed by atoms with Crippen molar-refractivity contribution in [3.05, 3.63) is 40.4 Å². The summed E-state index contributed by atoms with van der Waals surface area (Å²) in [6, 6.07) is 7.62. The minimum absolute atomic E-state index is 0.00228. The van der Waals surface area contributed by atoms with Crippen molar-refractivity contribution < 1.29 is 27.4 Å². The maximum Gasteiger partial charge on any atom is 0.242 e. The first-order valence-electron chi connectivity index (χ1n) is 8.37. The van der Waals surface area contributed by atoms with Crippen LogP contribution in [0.5, 0.6) is 17.5 Å². The first kappa shape index (κ1) is 23.1. The number of halogens is 2. The molecule has 0 spiro atoms. The summed E-state index contributed by atoms with van der Waals surface area (Å²) in [6.07, 6.45) is 1.10. The lowest BCUT2D eigenvalue weighted by Crippen LogP contribution is -2.36. The standard InChI is InChI=1S/C18H20Cl2N2O6S/c1-26-16-9-7-14(18(21-16)27-2)22(29(3,24)25)17(23)5-4-10-28-15-8-6-12(19)11-13(15)20/h6-9,11H,4-5,10H2,1-3H3. The molecule has 0 aliphatic rings. The first-order valence-corrected chi connectivity index (χ1v) is 11.0. The summed E-state index contributed by atoms with van der Waals surface area (Å²) in [5.74, 6) is -0.0554. The monoisotopic (exact) mass is 462 g/mol. The van der Waals surface area contributed by atoms with Gasteiger partial charge in [-0.3, -0.25) is 4.79 Å². The highest BCUT2D eigenvalue weighted by Crippen LogP contribution is 2.31. The van der Waals surface area contributed by atoms with Gasteiger partial charge in [0.1, 0.15) is 11.4 Å². The van der Waals surface area contributed by atoms with Crippen LogP contribution in [-0.2, 0) is 14.8 Å². The lowest BCUT2D eigenvalue weighted by atomic mass is 10.3. The number of hydrogen-bond donors (Lipinski definition) is 0. The summed E-state index contributed by atoms with van der Waals surface area (Å²) in [4.78, 5) is 16.7. The quantitative estimate of drug-likeness (QED) is 0.525. The topological polar surface area (TPSA) is 95.0 Å². The zero-order valence-corrected chi connectivity index (χ0v) is 18.3. The van der Waals surface area contributed by atoms with E-state index in [2.05, 4.69) is 4.98 Å². The Morgan fingerprint density at radius 2 is 1.86 bits per heavy atom. The molecule has 2 rings (SSSR count). The lowest BCUT2D eigenvalue weighted by molar-refractivity contribution is -0.117. The molecular weight excluding hydrogens is 443 g/mol. The molecule has 1 aromatic carbocycles. The van der Waals surface area contributed by atoms with Crippen molar-refractivity contribution >= 4 is 44.8 Å². The number of nitrogens with zero attached hydrogens (tertiary/aromatic N) is 2. The van der Waals surface area contributed by atoms with E-state index in [-0.39, 0.29) is 36.9 Å². The Hall–Kier alpha value is -2.23. The van der Waals surface area contributed by atoms with Crippen LogP contribution in [0.2, 0.25) is 10.0 Å². The van der Waals surface area contributed by atoms with Gasteiger partial charge in [-0.2, -0.15) is 4.98 Å². The van der Waals surface area contributed by atoms with Crippen LogP contribution in [0.25, 0.3) is 0 Å². The van der Waals surface area contributed by atoms with E-state index < -0.39 is 15.9 Å². The lowest BCUT2D eigenvalue weighted by Gasteiger charge is -2.22. The number of hydrogen-bond acceptors (Lipinski definition) is 7. The third kappa shape index (κ3) is 6.12. The molecule has 0 N–H and O–H groups in total. The van der Waals surface area contributed by atoms with E-state index in [0.717, 1.165) is 6.26 Å². The number of sulfonamides is 1. The fourth-order valence-electron chi connectivity index (χ4n) is 2.43. The number of rotatable bonds is 9. The van der Waals surface area contributed by atoms with Gasteiger partial charge in [-0.1, -0.05) is 23.2 Å². The number of benzene rings is 1. The van der Waals surface area contributed by atoms with Crippen molar-refractivity contribution in [3.63, 3.8) is 0 Å². The number of anilines is 1. The van der Waals surface area contributed by atoms with Crippen LogP contribution in [0.4, 0.5) is 5.69 Å². The minimum atomic E-state index is -3.92. The summed E-state index contributed by atoms with van der Waals surface area (Å²) in [6.45, 7) is 0.155. The van der Waals surface area contributed by atoms with Crippen molar-refractivity contribution in [2.45, 2.75) is 12.8 Å². The normalized spacial score (nSPS) is 11.1.